The van der Waals surface area contributed by atoms with Gasteiger partial charge in [-0.3, -0.25) is 0 Å². The molecule has 4 fully saturated rings. The maximum absolute atomic E-state index is 6.69. The molecule has 51 heavy (non-hydrogen) atoms. The van der Waals surface area contributed by atoms with E-state index in [1.165, 1.54) is 98.2 Å². The Morgan fingerprint density at radius 1 is 0.431 bits per heavy atom. The zero-order valence-corrected chi connectivity index (χ0v) is 28.6. The lowest BCUT2D eigenvalue weighted by Crippen LogP contribution is -2.55. The zero-order chi connectivity index (χ0) is 33.3. The average molecular weight is 655 g/mol. The van der Waals surface area contributed by atoms with E-state index in [0.717, 1.165) is 34.8 Å². The summed E-state index contributed by atoms with van der Waals surface area (Å²) in [6, 6.07) is 54.5. The lowest BCUT2D eigenvalue weighted by atomic mass is 9.43. The molecule has 5 aliphatic rings. The highest BCUT2D eigenvalue weighted by Gasteiger charge is 2.61. The van der Waals surface area contributed by atoms with E-state index in [2.05, 4.69) is 146 Å². The molecule has 7 aromatic carbocycles. The smallest absolute Gasteiger partial charge is 0.136 e. The molecule has 0 saturated heterocycles. The van der Waals surface area contributed by atoms with Crippen molar-refractivity contribution in [1.82, 2.24) is 0 Å². The first-order valence-electron chi connectivity index (χ1n) is 19.0. The van der Waals surface area contributed by atoms with Crippen molar-refractivity contribution in [3.05, 3.63) is 157 Å². The van der Waals surface area contributed by atoms with Gasteiger partial charge in [0.25, 0.3) is 0 Å². The Kier molecular flexibility index (Phi) is 5.73. The van der Waals surface area contributed by atoms with Crippen molar-refractivity contribution in [3.8, 4) is 44.5 Å². The number of furan rings is 1. The van der Waals surface area contributed by atoms with E-state index in [4.69, 9.17) is 4.42 Å². The fraction of sp³-hybridized carbons (Fsp3) is 0.200. The zero-order valence-electron chi connectivity index (χ0n) is 28.6. The molecule has 0 N–H and O–H groups in total. The van der Waals surface area contributed by atoms with Crippen LogP contribution >= 0.6 is 0 Å². The largest absolute Gasteiger partial charge is 0.456 e. The first-order valence-corrected chi connectivity index (χ1v) is 19.0. The molecule has 8 aromatic rings. The summed E-state index contributed by atoms with van der Waals surface area (Å²) in [6.07, 6.45) is 7.05. The van der Waals surface area contributed by atoms with Crippen LogP contribution < -0.4 is 0 Å². The third-order valence-corrected chi connectivity index (χ3v) is 13.7. The summed E-state index contributed by atoms with van der Waals surface area (Å²) < 4.78 is 6.69. The van der Waals surface area contributed by atoms with Crippen LogP contribution in [0.5, 0.6) is 0 Å². The Balaban J connectivity index is 1.08. The van der Waals surface area contributed by atoms with Gasteiger partial charge in [-0.1, -0.05) is 127 Å². The van der Waals surface area contributed by atoms with E-state index < -0.39 is 0 Å². The van der Waals surface area contributed by atoms with Gasteiger partial charge in [-0.2, -0.15) is 0 Å². The highest BCUT2D eigenvalue weighted by molar-refractivity contribution is 6.15. The van der Waals surface area contributed by atoms with Crippen LogP contribution in [0, 0.1) is 23.7 Å². The third-order valence-electron chi connectivity index (χ3n) is 13.7. The molecule has 5 aliphatic carbocycles. The first-order chi connectivity index (χ1) is 25.2. The molecule has 0 aliphatic heterocycles. The third kappa shape index (κ3) is 3.82. The normalized spacial score (nSPS) is 24.2. The predicted octanol–water partition coefficient (Wildman–Crippen LogP) is 13.5. The molecule has 244 valence electrons. The molecule has 13 rings (SSSR count). The maximum atomic E-state index is 6.69. The summed E-state index contributed by atoms with van der Waals surface area (Å²) in [5.74, 6) is 3.34. The molecule has 1 heterocycles. The topological polar surface area (TPSA) is 13.1 Å². The van der Waals surface area contributed by atoms with Gasteiger partial charge in [0.1, 0.15) is 11.2 Å². The molecule has 0 unspecified atom stereocenters. The first kappa shape index (κ1) is 28.3. The molecular formula is C50H38O. The fourth-order valence-corrected chi connectivity index (χ4v) is 12.0. The van der Waals surface area contributed by atoms with Gasteiger partial charge < -0.3 is 4.42 Å². The Labute approximate surface area is 298 Å². The van der Waals surface area contributed by atoms with Gasteiger partial charge in [0.2, 0.25) is 0 Å². The van der Waals surface area contributed by atoms with Gasteiger partial charge in [0.05, 0.1) is 0 Å². The second-order valence-corrected chi connectivity index (χ2v) is 16.0. The molecular weight excluding hydrogens is 617 g/mol. The summed E-state index contributed by atoms with van der Waals surface area (Å²) in [7, 11) is 0. The van der Waals surface area contributed by atoms with E-state index in [0.29, 0.717) is 0 Å². The predicted molar refractivity (Wildman–Crippen MR) is 211 cm³/mol. The lowest BCUT2D eigenvalue weighted by Gasteiger charge is -2.61. The van der Waals surface area contributed by atoms with Crippen LogP contribution in [0.4, 0.5) is 0 Å². The number of benzene rings is 7. The van der Waals surface area contributed by atoms with Crippen molar-refractivity contribution >= 4 is 32.7 Å². The van der Waals surface area contributed by atoms with E-state index in [1.54, 1.807) is 11.1 Å². The number of para-hydroxylation sites is 1. The van der Waals surface area contributed by atoms with Crippen LogP contribution in [0.25, 0.3) is 77.2 Å². The molecule has 4 saturated carbocycles. The molecule has 4 bridgehead atoms. The van der Waals surface area contributed by atoms with Crippen molar-refractivity contribution in [1.29, 1.82) is 0 Å². The van der Waals surface area contributed by atoms with E-state index in [1.807, 2.05) is 0 Å². The highest BCUT2D eigenvalue weighted by atomic mass is 16.3. The Morgan fingerprint density at radius 3 is 1.90 bits per heavy atom. The standard InChI is InChI=1S/C50H38O/c1-2-11-38-33(9-1)10-7-14-39(38)34-21-19-32(20-22-34)35-28-43(49-42-13-4-6-18-46(42)51-47(49)29-35)40-15-8-17-45-48(40)41-12-3-5-16-44(41)50(45)36-24-30-23-31(26-36)27-37(50)25-30/h1-22,28-31,36-37H,23-27H2. The summed E-state index contributed by atoms with van der Waals surface area (Å²) >= 11 is 0. The molecule has 0 atom stereocenters. The van der Waals surface area contributed by atoms with Crippen molar-refractivity contribution in [2.24, 2.45) is 23.7 Å². The quantitative estimate of drug-likeness (QED) is 0.185. The van der Waals surface area contributed by atoms with Gasteiger partial charge in [0.15, 0.2) is 0 Å². The minimum absolute atomic E-state index is 0.141. The average Bonchev–Trinajstić information content (AvgIpc) is 3.70. The second-order valence-electron chi connectivity index (χ2n) is 16.0. The Morgan fingerprint density at radius 2 is 1.06 bits per heavy atom. The van der Waals surface area contributed by atoms with Gasteiger partial charge in [-0.25, -0.2) is 0 Å². The van der Waals surface area contributed by atoms with Crippen LogP contribution in [0.15, 0.2) is 150 Å². The van der Waals surface area contributed by atoms with Gasteiger partial charge in [-0.05, 0) is 140 Å². The van der Waals surface area contributed by atoms with Crippen molar-refractivity contribution in [3.63, 3.8) is 0 Å². The molecule has 1 nitrogen and oxygen atoms in total. The Bertz CT molecular complexity index is 2670. The lowest BCUT2D eigenvalue weighted by molar-refractivity contribution is -0.0399. The van der Waals surface area contributed by atoms with Crippen molar-refractivity contribution < 1.29 is 4.42 Å². The van der Waals surface area contributed by atoms with E-state index in [9.17, 15) is 0 Å². The number of rotatable bonds is 3. The number of hydrogen-bond donors (Lipinski definition) is 0. The van der Waals surface area contributed by atoms with Crippen LogP contribution in [0.3, 0.4) is 0 Å². The van der Waals surface area contributed by atoms with Crippen LogP contribution in [0.2, 0.25) is 0 Å². The maximum Gasteiger partial charge on any atom is 0.136 e. The summed E-state index contributed by atoms with van der Waals surface area (Å²) in [5.41, 5.74) is 15.7. The van der Waals surface area contributed by atoms with Crippen molar-refractivity contribution in [2.75, 3.05) is 0 Å². The molecule has 0 radical (unpaired) electrons. The summed E-state index contributed by atoms with van der Waals surface area (Å²) in [4.78, 5) is 0. The summed E-state index contributed by atoms with van der Waals surface area (Å²) in [5, 5.41) is 4.97. The van der Waals surface area contributed by atoms with E-state index >= 15 is 0 Å². The molecule has 1 heteroatoms. The van der Waals surface area contributed by atoms with Gasteiger partial charge in [0, 0.05) is 16.2 Å². The number of hydrogen-bond acceptors (Lipinski definition) is 1. The minimum atomic E-state index is 0.141. The van der Waals surface area contributed by atoms with Crippen LogP contribution in [-0.2, 0) is 5.41 Å². The van der Waals surface area contributed by atoms with Crippen molar-refractivity contribution in [2.45, 2.75) is 37.5 Å². The molecule has 1 aromatic heterocycles. The molecule has 1 spiro atoms. The highest BCUT2D eigenvalue weighted by Crippen LogP contribution is 2.70. The Hall–Kier alpha value is -5.40. The van der Waals surface area contributed by atoms with Gasteiger partial charge >= 0.3 is 0 Å². The fourth-order valence-electron chi connectivity index (χ4n) is 12.0. The van der Waals surface area contributed by atoms with Crippen LogP contribution in [-0.4, -0.2) is 0 Å². The number of fused-ring (bicyclic) bond motifs is 7. The minimum Gasteiger partial charge on any atom is -0.456 e. The SMILES string of the molecule is c1ccc2c(c1)-c1c(-c3cc(-c4ccc(-c5cccc6ccccc56)cc4)cc4oc5ccccc5c34)cccc1C21C2CC3CC(C2)CC1C3. The monoisotopic (exact) mass is 654 g/mol. The second kappa shape index (κ2) is 10.3. The van der Waals surface area contributed by atoms with Crippen LogP contribution in [0.1, 0.15) is 43.2 Å². The summed E-state index contributed by atoms with van der Waals surface area (Å²) in [6.45, 7) is 0. The molecule has 0 amide bonds. The van der Waals surface area contributed by atoms with Gasteiger partial charge in [-0.15, -0.1) is 0 Å². The van der Waals surface area contributed by atoms with E-state index in [-0.39, 0.29) is 5.41 Å².